The number of sulfonamides is 1. The van der Waals surface area contributed by atoms with Crippen LogP contribution in [-0.4, -0.2) is 41.6 Å². The summed E-state index contributed by atoms with van der Waals surface area (Å²) < 4.78 is 46.5. The quantitative estimate of drug-likeness (QED) is 0.420. The van der Waals surface area contributed by atoms with E-state index in [1.807, 2.05) is 0 Å². The topological polar surface area (TPSA) is 92.3 Å². The molecule has 0 fully saturated rings. The number of hydrogen-bond donors (Lipinski definition) is 2. The van der Waals surface area contributed by atoms with Crippen LogP contribution in [-0.2, 0) is 19.9 Å². The van der Waals surface area contributed by atoms with E-state index in [0.717, 1.165) is 5.41 Å². The van der Waals surface area contributed by atoms with Crippen molar-refractivity contribution in [1.82, 2.24) is 10.0 Å². The van der Waals surface area contributed by atoms with Gasteiger partial charge in [0.15, 0.2) is 9.84 Å². The van der Waals surface area contributed by atoms with E-state index in [0.29, 0.717) is 13.0 Å². The normalized spacial score (nSPS) is 12.2. The summed E-state index contributed by atoms with van der Waals surface area (Å²) in [4.78, 5) is 0. The molecule has 0 saturated carbocycles. The summed E-state index contributed by atoms with van der Waals surface area (Å²) in [6.45, 7) is 7.14. The SMILES string of the molecule is C=CCS(=O)(=O)CNCCCNS(=O)(=O)C=C. The van der Waals surface area contributed by atoms with Crippen molar-refractivity contribution in [3.8, 4) is 0 Å². The first kappa shape index (κ1) is 16.3. The van der Waals surface area contributed by atoms with E-state index in [1.165, 1.54) is 6.08 Å². The molecule has 0 aliphatic carbocycles. The lowest BCUT2D eigenvalue weighted by Crippen LogP contribution is -2.29. The second-order valence-electron chi connectivity index (χ2n) is 3.30. The zero-order chi connectivity index (χ0) is 13.4. The van der Waals surface area contributed by atoms with Crippen LogP contribution >= 0.6 is 0 Å². The van der Waals surface area contributed by atoms with Crippen LogP contribution in [0, 0.1) is 0 Å². The van der Waals surface area contributed by atoms with Gasteiger partial charge in [-0.05, 0) is 13.0 Å². The van der Waals surface area contributed by atoms with E-state index < -0.39 is 19.9 Å². The summed E-state index contributed by atoms with van der Waals surface area (Å²) >= 11 is 0. The smallest absolute Gasteiger partial charge is 0.233 e. The van der Waals surface area contributed by atoms with Crippen LogP contribution in [0.5, 0.6) is 0 Å². The number of hydrogen-bond acceptors (Lipinski definition) is 5. The van der Waals surface area contributed by atoms with Crippen LogP contribution in [0.3, 0.4) is 0 Å². The van der Waals surface area contributed by atoms with Crippen molar-refractivity contribution in [2.24, 2.45) is 0 Å². The highest BCUT2D eigenvalue weighted by Crippen LogP contribution is 1.88. The fraction of sp³-hybridized carbons (Fsp3) is 0.556. The van der Waals surface area contributed by atoms with Crippen molar-refractivity contribution in [1.29, 1.82) is 0 Å². The third-order valence-electron chi connectivity index (χ3n) is 1.75. The molecule has 0 unspecified atom stereocenters. The third kappa shape index (κ3) is 9.04. The minimum Gasteiger partial charge on any atom is -0.304 e. The molecule has 0 radical (unpaired) electrons. The lowest BCUT2D eigenvalue weighted by molar-refractivity contribution is 0.577. The van der Waals surface area contributed by atoms with E-state index in [-0.39, 0.29) is 18.2 Å². The number of nitrogens with one attached hydrogen (secondary N) is 2. The highest BCUT2D eigenvalue weighted by Gasteiger charge is 2.07. The Labute approximate surface area is 103 Å². The average molecular weight is 282 g/mol. The van der Waals surface area contributed by atoms with Crippen molar-refractivity contribution in [2.75, 3.05) is 24.7 Å². The molecular formula is C9H18N2O4S2. The van der Waals surface area contributed by atoms with Crippen molar-refractivity contribution in [2.45, 2.75) is 6.42 Å². The summed E-state index contributed by atoms with van der Waals surface area (Å²) in [5.74, 6) is -0.198. The Morgan fingerprint density at radius 3 is 2.24 bits per heavy atom. The molecule has 0 aromatic carbocycles. The highest BCUT2D eigenvalue weighted by molar-refractivity contribution is 7.92. The number of sulfone groups is 1. The molecule has 6 nitrogen and oxygen atoms in total. The Bertz CT molecular complexity index is 440. The Balaban J connectivity index is 3.67. The Morgan fingerprint density at radius 2 is 1.71 bits per heavy atom. The van der Waals surface area contributed by atoms with Crippen LogP contribution in [0.2, 0.25) is 0 Å². The van der Waals surface area contributed by atoms with Gasteiger partial charge in [0.1, 0.15) is 0 Å². The highest BCUT2D eigenvalue weighted by atomic mass is 32.2. The Hall–Kier alpha value is -0.700. The summed E-state index contributed by atoms with van der Waals surface area (Å²) in [6, 6.07) is 0. The standard InChI is InChI=1S/C9H18N2O4S2/c1-3-8-16(12,13)9-10-6-5-7-11-17(14,15)4-2/h3-4,10-11H,1-2,5-9H2. The van der Waals surface area contributed by atoms with Gasteiger partial charge in [0.2, 0.25) is 10.0 Å². The third-order valence-corrected chi connectivity index (χ3v) is 4.18. The first-order chi connectivity index (χ1) is 7.83. The second kappa shape index (κ2) is 7.59. The summed E-state index contributed by atoms with van der Waals surface area (Å²) in [5.41, 5.74) is 0. The fourth-order valence-electron chi connectivity index (χ4n) is 0.953. The maximum absolute atomic E-state index is 11.2. The van der Waals surface area contributed by atoms with E-state index in [9.17, 15) is 16.8 Å². The van der Waals surface area contributed by atoms with Gasteiger partial charge in [-0.3, -0.25) is 0 Å². The molecule has 0 heterocycles. The predicted molar refractivity (Wildman–Crippen MR) is 68.6 cm³/mol. The van der Waals surface area contributed by atoms with Crippen LogP contribution < -0.4 is 10.0 Å². The van der Waals surface area contributed by atoms with Crippen LogP contribution in [0.4, 0.5) is 0 Å². The molecule has 17 heavy (non-hydrogen) atoms. The maximum atomic E-state index is 11.2. The monoisotopic (exact) mass is 282 g/mol. The van der Waals surface area contributed by atoms with Crippen molar-refractivity contribution in [3.05, 3.63) is 24.6 Å². The van der Waals surface area contributed by atoms with Gasteiger partial charge in [-0.2, -0.15) is 0 Å². The van der Waals surface area contributed by atoms with Gasteiger partial charge in [-0.15, -0.1) is 6.58 Å². The molecule has 0 aromatic rings. The van der Waals surface area contributed by atoms with E-state index >= 15 is 0 Å². The van der Waals surface area contributed by atoms with E-state index in [1.54, 1.807) is 0 Å². The fourth-order valence-corrected chi connectivity index (χ4v) is 2.43. The molecule has 0 atom stereocenters. The van der Waals surface area contributed by atoms with Gasteiger partial charge in [-0.25, -0.2) is 21.6 Å². The van der Waals surface area contributed by atoms with Crippen LogP contribution in [0.15, 0.2) is 24.6 Å². The molecule has 0 aliphatic rings. The van der Waals surface area contributed by atoms with Crippen molar-refractivity contribution in [3.63, 3.8) is 0 Å². The molecule has 8 heteroatoms. The molecule has 0 saturated heterocycles. The largest absolute Gasteiger partial charge is 0.304 e. The van der Waals surface area contributed by atoms with Crippen molar-refractivity contribution < 1.29 is 16.8 Å². The van der Waals surface area contributed by atoms with Gasteiger partial charge in [0, 0.05) is 12.0 Å². The number of rotatable bonds is 10. The van der Waals surface area contributed by atoms with Gasteiger partial charge in [0.05, 0.1) is 11.6 Å². The first-order valence-corrected chi connectivity index (χ1v) is 8.34. The zero-order valence-corrected chi connectivity index (χ0v) is 11.2. The summed E-state index contributed by atoms with van der Waals surface area (Å²) in [5, 5.41) is 3.55. The summed E-state index contributed by atoms with van der Waals surface area (Å²) in [7, 11) is -6.52. The molecule has 0 bridgehead atoms. The molecule has 0 aromatic heterocycles. The van der Waals surface area contributed by atoms with E-state index in [4.69, 9.17) is 0 Å². The predicted octanol–water partition coefficient (Wildman–Crippen LogP) is -0.413. The Kier molecular flexibility index (Phi) is 7.28. The molecule has 2 N–H and O–H groups in total. The molecule has 0 aliphatic heterocycles. The minimum absolute atomic E-state index is 0.0664. The lowest BCUT2D eigenvalue weighted by atomic mass is 10.4. The molecular weight excluding hydrogens is 264 g/mol. The lowest BCUT2D eigenvalue weighted by Gasteiger charge is -2.05. The second-order valence-corrected chi connectivity index (χ2v) is 7.12. The molecule has 0 amide bonds. The Morgan fingerprint density at radius 1 is 1.06 bits per heavy atom. The van der Waals surface area contributed by atoms with Crippen LogP contribution in [0.1, 0.15) is 6.42 Å². The maximum Gasteiger partial charge on any atom is 0.233 e. The van der Waals surface area contributed by atoms with Crippen LogP contribution in [0.25, 0.3) is 0 Å². The molecule has 0 rings (SSSR count). The zero-order valence-electron chi connectivity index (χ0n) is 9.55. The average Bonchev–Trinajstić information content (AvgIpc) is 2.23. The molecule has 100 valence electrons. The minimum atomic E-state index is -3.39. The van der Waals surface area contributed by atoms with Gasteiger partial charge in [-0.1, -0.05) is 12.7 Å². The van der Waals surface area contributed by atoms with Gasteiger partial charge in [0.25, 0.3) is 0 Å². The summed E-state index contributed by atoms with van der Waals surface area (Å²) in [6.07, 6.45) is 1.83. The first-order valence-electron chi connectivity index (χ1n) is 4.97. The van der Waals surface area contributed by atoms with Crippen molar-refractivity contribution >= 4 is 19.9 Å². The van der Waals surface area contributed by atoms with Gasteiger partial charge >= 0.3 is 0 Å². The van der Waals surface area contributed by atoms with Gasteiger partial charge < -0.3 is 5.32 Å². The molecule has 0 spiro atoms. The van der Waals surface area contributed by atoms with E-state index in [2.05, 4.69) is 23.2 Å².